The second kappa shape index (κ2) is 3.95. The summed E-state index contributed by atoms with van der Waals surface area (Å²) < 4.78 is 13.2. The Labute approximate surface area is 81.5 Å². The highest BCUT2D eigenvalue weighted by Gasteiger charge is 2.08. The molecule has 5 heteroatoms. The fraction of sp³-hybridized carbons (Fsp3) is 0.222. The quantitative estimate of drug-likeness (QED) is 0.699. The van der Waals surface area contributed by atoms with Crippen molar-refractivity contribution in [3.05, 3.63) is 29.6 Å². The van der Waals surface area contributed by atoms with E-state index in [0.29, 0.717) is 0 Å². The van der Waals surface area contributed by atoms with Crippen LogP contribution in [0.4, 0.5) is 14.9 Å². The zero-order chi connectivity index (χ0) is 10.7. The molecule has 0 atom stereocenters. The molecule has 3 N–H and O–H groups in total. The van der Waals surface area contributed by atoms with Crippen molar-refractivity contribution < 1.29 is 9.18 Å². The van der Waals surface area contributed by atoms with Crippen molar-refractivity contribution in [2.24, 2.45) is 5.73 Å². The number of carbonyl (C=O) groups excluding carboxylic acids is 1. The van der Waals surface area contributed by atoms with Crippen molar-refractivity contribution >= 4 is 11.7 Å². The minimum absolute atomic E-state index is 0.281. The largest absolute Gasteiger partial charge is 0.350 e. The minimum Gasteiger partial charge on any atom is -0.350 e. The van der Waals surface area contributed by atoms with Crippen LogP contribution in [0.3, 0.4) is 0 Å². The Morgan fingerprint density at radius 3 is 2.79 bits per heavy atom. The third kappa shape index (κ3) is 2.35. The first kappa shape index (κ1) is 10.3. The van der Waals surface area contributed by atoms with Crippen LogP contribution in [-0.2, 0) is 0 Å². The van der Waals surface area contributed by atoms with Crippen molar-refractivity contribution in [2.45, 2.75) is 6.92 Å². The molecule has 0 aliphatic heterocycles. The van der Waals surface area contributed by atoms with Crippen molar-refractivity contribution in [3.63, 3.8) is 0 Å². The molecule has 0 aliphatic rings. The standard InChI is InChI=1S/C9H12FN3O/c1-6-3-4-7(10)8(5-6)13(2)12-9(11)14/h3-5H,1-2H3,(H3,11,12,14). The molecular weight excluding hydrogens is 185 g/mol. The van der Waals surface area contributed by atoms with Gasteiger partial charge < -0.3 is 5.73 Å². The van der Waals surface area contributed by atoms with Crippen LogP contribution in [0.5, 0.6) is 0 Å². The number of hydrogen-bond donors (Lipinski definition) is 2. The molecule has 1 aromatic carbocycles. The second-order valence-electron chi connectivity index (χ2n) is 2.99. The predicted octanol–water partition coefficient (Wildman–Crippen LogP) is 1.15. The number of nitrogens with two attached hydrogens (primary N) is 1. The maximum atomic E-state index is 13.2. The fourth-order valence-electron chi connectivity index (χ4n) is 1.11. The Morgan fingerprint density at radius 1 is 1.57 bits per heavy atom. The zero-order valence-corrected chi connectivity index (χ0v) is 8.04. The molecule has 0 radical (unpaired) electrons. The van der Waals surface area contributed by atoms with Gasteiger partial charge in [0.15, 0.2) is 0 Å². The van der Waals surface area contributed by atoms with Gasteiger partial charge in [0.05, 0.1) is 5.69 Å². The Kier molecular flexibility index (Phi) is 2.91. The lowest BCUT2D eigenvalue weighted by Crippen LogP contribution is -2.43. The number of anilines is 1. The summed E-state index contributed by atoms with van der Waals surface area (Å²) in [5.41, 5.74) is 8.35. The number of hydrazine groups is 1. The monoisotopic (exact) mass is 197 g/mol. The normalized spacial score (nSPS) is 9.64. The SMILES string of the molecule is Cc1ccc(F)c(N(C)NC(N)=O)c1. The summed E-state index contributed by atoms with van der Waals surface area (Å²) in [5, 5.41) is 1.24. The van der Waals surface area contributed by atoms with Gasteiger partial charge in [-0.2, -0.15) is 0 Å². The van der Waals surface area contributed by atoms with Gasteiger partial charge in [-0.05, 0) is 24.6 Å². The molecule has 0 heterocycles. The van der Waals surface area contributed by atoms with Crippen LogP contribution in [-0.4, -0.2) is 13.1 Å². The average molecular weight is 197 g/mol. The highest BCUT2D eigenvalue weighted by atomic mass is 19.1. The molecule has 0 saturated carbocycles. The number of primary amides is 1. The molecule has 1 rings (SSSR count). The van der Waals surface area contributed by atoms with Crippen LogP contribution in [0.25, 0.3) is 0 Å². The number of nitrogens with zero attached hydrogens (tertiary/aromatic N) is 1. The van der Waals surface area contributed by atoms with E-state index in [1.54, 1.807) is 12.1 Å². The third-order valence-electron chi connectivity index (χ3n) is 1.74. The van der Waals surface area contributed by atoms with Crippen LogP contribution in [0, 0.1) is 12.7 Å². The van der Waals surface area contributed by atoms with Gasteiger partial charge in [-0.1, -0.05) is 6.07 Å². The highest BCUT2D eigenvalue weighted by Crippen LogP contribution is 2.17. The maximum absolute atomic E-state index is 13.2. The molecule has 76 valence electrons. The van der Waals surface area contributed by atoms with E-state index in [9.17, 15) is 9.18 Å². The van der Waals surface area contributed by atoms with Gasteiger partial charge in [-0.25, -0.2) is 14.6 Å². The number of nitrogens with one attached hydrogen (secondary N) is 1. The van der Waals surface area contributed by atoms with E-state index >= 15 is 0 Å². The van der Waals surface area contributed by atoms with E-state index in [0.717, 1.165) is 5.56 Å². The molecule has 4 nitrogen and oxygen atoms in total. The molecule has 0 spiro atoms. The van der Waals surface area contributed by atoms with Crippen LogP contribution >= 0.6 is 0 Å². The highest BCUT2D eigenvalue weighted by molar-refractivity contribution is 5.74. The van der Waals surface area contributed by atoms with Crippen LogP contribution in [0.1, 0.15) is 5.56 Å². The first-order chi connectivity index (χ1) is 6.50. The molecule has 0 fully saturated rings. The summed E-state index contributed by atoms with van der Waals surface area (Å²) in [5.74, 6) is -0.410. The maximum Gasteiger partial charge on any atom is 0.330 e. The lowest BCUT2D eigenvalue weighted by Gasteiger charge is -2.19. The molecule has 0 saturated heterocycles. The van der Waals surface area contributed by atoms with Gasteiger partial charge in [-0.3, -0.25) is 5.01 Å². The zero-order valence-electron chi connectivity index (χ0n) is 8.04. The smallest absolute Gasteiger partial charge is 0.330 e. The topological polar surface area (TPSA) is 58.4 Å². The second-order valence-corrected chi connectivity index (χ2v) is 2.99. The molecule has 14 heavy (non-hydrogen) atoms. The van der Waals surface area contributed by atoms with E-state index in [1.165, 1.54) is 18.1 Å². The van der Waals surface area contributed by atoms with Gasteiger partial charge in [-0.15, -0.1) is 0 Å². The number of aryl methyl sites for hydroxylation is 1. The van der Waals surface area contributed by atoms with E-state index in [1.807, 2.05) is 6.92 Å². The lowest BCUT2D eigenvalue weighted by atomic mass is 10.2. The van der Waals surface area contributed by atoms with E-state index in [-0.39, 0.29) is 5.69 Å². The predicted molar refractivity (Wildman–Crippen MR) is 52.3 cm³/mol. The Morgan fingerprint density at radius 2 is 2.21 bits per heavy atom. The number of benzene rings is 1. The number of halogens is 1. The Hall–Kier alpha value is -1.78. The van der Waals surface area contributed by atoms with Crippen LogP contribution in [0.2, 0.25) is 0 Å². The fourth-order valence-corrected chi connectivity index (χ4v) is 1.11. The third-order valence-corrected chi connectivity index (χ3v) is 1.74. The molecule has 0 bridgehead atoms. The summed E-state index contributed by atoms with van der Waals surface area (Å²) in [4.78, 5) is 10.5. The van der Waals surface area contributed by atoms with Gasteiger partial charge in [0.25, 0.3) is 0 Å². The molecule has 0 aliphatic carbocycles. The lowest BCUT2D eigenvalue weighted by molar-refractivity contribution is 0.248. The number of urea groups is 1. The summed E-state index contributed by atoms with van der Waals surface area (Å²) >= 11 is 0. The van der Waals surface area contributed by atoms with Gasteiger partial charge in [0.2, 0.25) is 0 Å². The molecule has 0 unspecified atom stereocenters. The summed E-state index contributed by atoms with van der Waals surface area (Å²) in [6.07, 6.45) is 0. The molecule has 0 aromatic heterocycles. The molecule has 2 amide bonds. The summed E-state index contributed by atoms with van der Waals surface area (Å²) in [6.45, 7) is 1.83. The Bertz CT molecular complexity index is 354. The van der Waals surface area contributed by atoms with Crippen molar-refractivity contribution in [1.82, 2.24) is 5.43 Å². The summed E-state index contributed by atoms with van der Waals surface area (Å²) in [7, 11) is 1.52. The van der Waals surface area contributed by atoms with Gasteiger partial charge in [0.1, 0.15) is 5.82 Å². The average Bonchev–Trinajstić information content (AvgIpc) is 2.08. The number of amides is 2. The first-order valence-corrected chi connectivity index (χ1v) is 4.06. The molecular formula is C9H12FN3O. The molecule has 1 aromatic rings. The number of carbonyl (C=O) groups is 1. The van der Waals surface area contributed by atoms with E-state index in [2.05, 4.69) is 5.43 Å². The number of hydrogen-bond acceptors (Lipinski definition) is 2. The summed E-state index contributed by atoms with van der Waals surface area (Å²) in [6, 6.07) is 3.87. The van der Waals surface area contributed by atoms with Gasteiger partial charge >= 0.3 is 6.03 Å². The first-order valence-electron chi connectivity index (χ1n) is 4.06. The van der Waals surface area contributed by atoms with Crippen molar-refractivity contribution in [1.29, 1.82) is 0 Å². The van der Waals surface area contributed by atoms with Gasteiger partial charge in [0, 0.05) is 7.05 Å². The number of rotatable bonds is 2. The Balaban J connectivity index is 2.93. The van der Waals surface area contributed by atoms with E-state index in [4.69, 9.17) is 5.73 Å². The minimum atomic E-state index is -0.728. The van der Waals surface area contributed by atoms with Crippen LogP contribution < -0.4 is 16.2 Å². The van der Waals surface area contributed by atoms with Crippen molar-refractivity contribution in [3.8, 4) is 0 Å². The van der Waals surface area contributed by atoms with Crippen LogP contribution in [0.15, 0.2) is 18.2 Å². The van der Waals surface area contributed by atoms with Crippen molar-refractivity contribution in [2.75, 3.05) is 12.1 Å². The van der Waals surface area contributed by atoms with E-state index < -0.39 is 11.8 Å².